The van der Waals surface area contributed by atoms with Crippen molar-refractivity contribution < 1.29 is 13.6 Å². The van der Waals surface area contributed by atoms with E-state index in [1.54, 1.807) is 0 Å². The molecule has 0 spiro atoms. The van der Waals surface area contributed by atoms with Crippen molar-refractivity contribution in [2.24, 2.45) is 0 Å². The van der Waals surface area contributed by atoms with Crippen LogP contribution in [0, 0.1) is 11.6 Å². The van der Waals surface area contributed by atoms with E-state index in [-0.39, 0.29) is 24.3 Å². The Bertz CT molecular complexity index is 812. The van der Waals surface area contributed by atoms with Crippen LogP contribution in [0.4, 0.5) is 8.78 Å². The largest absolute Gasteiger partial charge is 0.343 e. The Hall–Kier alpha value is -2.31. The Labute approximate surface area is 151 Å². The summed E-state index contributed by atoms with van der Waals surface area (Å²) in [5.41, 5.74) is 0.257. The van der Waals surface area contributed by atoms with Gasteiger partial charge in [-0.3, -0.25) is 4.79 Å². The molecule has 0 aliphatic carbocycles. The van der Waals surface area contributed by atoms with Gasteiger partial charge >= 0.3 is 0 Å². The molecule has 5 nitrogen and oxygen atoms in total. The fourth-order valence-corrected chi connectivity index (χ4v) is 4.00. The first-order valence-corrected chi connectivity index (χ1v) is 9.25. The maximum absolute atomic E-state index is 13.7. The number of halogens is 2. The van der Waals surface area contributed by atoms with Gasteiger partial charge in [0, 0.05) is 38.4 Å². The molecule has 3 heterocycles. The minimum atomic E-state index is -0.476. The third-order valence-corrected chi connectivity index (χ3v) is 5.47. The van der Waals surface area contributed by atoms with Crippen molar-refractivity contribution in [3.63, 3.8) is 0 Å². The maximum atomic E-state index is 13.7. The second-order valence-electron chi connectivity index (χ2n) is 7.12. The molecule has 7 heteroatoms. The Morgan fingerprint density at radius 2 is 1.96 bits per heavy atom. The molecule has 4 rings (SSSR count). The van der Waals surface area contributed by atoms with E-state index in [0.717, 1.165) is 56.0 Å². The van der Waals surface area contributed by atoms with E-state index < -0.39 is 11.6 Å². The molecule has 1 amide bonds. The molecule has 26 heavy (non-hydrogen) atoms. The van der Waals surface area contributed by atoms with Crippen LogP contribution in [-0.2, 0) is 24.2 Å². The standard InChI is InChI=1S/C19H22F2N4O/c20-15-4-5-16(21)14(12-15)3-6-18(26)24-10-7-13(8-11-24)19-23-22-17-2-1-9-25(17)19/h4-5,12-13H,1-3,6-11H2. The summed E-state index contributed by atoms with van der Waals surface area (Å²) in [6, 6.07) is 3.37. The summed E-state index contributed by atoms with van der Waals surface area (Å²) in [6.45, 7) is 2.35. The number of rotatable bonds is 4. The molecule has 1 aromatic heterocycles. The second-order valence-corrected chi connectivity index (χ2v) is 7.12. The van der Waals surface area contributed by atoms with Crippen molar-refractivity contribution in [3.05, 3.63) is 47.0 Å². The smallest absolute Gasteiger partial charge is 0.222 e. The lowest BCUT2D eigenvalue weighted by atomic mass is 9.95. The number of aryl methyl sites for hydroxylation is 2. The zero-order valence-corrected chi connectivity index (χ0v) is 14.6. The van der Waals surface area contributed by atoms with Crippen molar-refractivity contribution in [2.75, 3.05) is 13.1 Å². The summed E-state index contributed by atoms with van der Waals surface area (Å²) in [5.74, 6) is 1.55. The molecule has 0 bridgehead atoms. The first kappa shape index (κ1) is 17.1. The number of hydrogen-bond acceptors (Lipinski definition) is 3. The summed E-state index contributed by atoms with van der Waals surface area (Å²) in [6.07, 6.45) is 4.30. The van der Waals surface area contributed by atoms with Crippen molar-refractivity contribution in [3.8, 4) is 0 Å². The molecule has 1 fully saturated rings. The highest BCUT2D eigenvalue weighted by Gasteiger charge is 2.29. The highest BCUT2D eigenvalue weighted by molar-refractivity contribution is 5.76. The predicted octanol–water partition coefficient (Wildman–Crippen LogP) is 2.84. The Balaban J connectivity index is 1.31. The van der Waals surface area contributed by atoms with E-state index in [2.05, 4.69) is 14.8 Å². The van der Waals surface area contributed by atoms with Crippen LogP contribution < -0.4 is 0 Å². The van der Waals surface area contributed by atoms with Gasteiger partial charge in [0.15, 0.2) is 0 Å². The van der Waals surface area contributed by atoms with Crippen LogP contribution in [0.2, 0.25) is 0 Å². The number of nitrogens with zero attached hydrogens (tertiary/aromatic N) is 4. The first-order chi connectivity index (χ1) is 12.6. The van der Waals surface area contributed by atoms with Gasteiger partial charge in [-0.25, -0.2) is 8.78 Å². The molecule has 0 saturated carbocycles. The van der Waals surface area contributed by atoms with Crippen molar-refractivity contribution in [2.45, 2.75) is 51.0 Å². The number of carbonyl (C=O) groups is 1. The minimum Gasteiger partial charge on any atom is -0.343 e. The monoisotopic (exact) mass is 360 g/mol. The molecule has 2 aliphatic heterocycles. The van der Waals surface area contributed by atoms with Gasteiger partial charge in [0.25, 0.3) is 0 Å². The van der Waals surface area contributed by atoms with E-state index in [9.17, 15) is 13.6 Å². The molecule has 138 valence electrons. The zero-order valence-electron chi connectivity index (χ0n) is 14.6. The van der Waals surface area contributed by atoms with Crippen molar-refractivity contribution in [1.29, 1.82) is 0 Å². The van der Waals surface area contributed by atoms with E-state index in [1.807, 2.05) is 4.90 Å². The summed E-state index contributed by atoms with van der Waals surface area (Å²) in [5, 5.41) is 8.63. The van der Waals surface area contributed by atoms with Crippen molar-refractivity contribution in [1.82, 2.24) is 19.7 Å². The van der Waals surface area contributed by atoms with Gasteiger partial charge in [0.05, 0.1) is 0 Å². The third kappa shape index (κ3) is 3.34. The predicted molar refractivity (Wildman–Crippen MR) is 91.6 cm³/mol. The fraction of sp³-hybridized carbons (Fsp3) is 0.526. The molecule has 1 aromatic carbocycles. The van der Waals surface area contributed by atoms with Gasteiger partial charge in [0.1, 0.15) is 23.3 Å². The van der Waals surface area contributed by atoms with Crippen LogP contribution in [0.15, 0.2) is 18.2 Å². The average Bonchev–Trinajstić information content (AvgIpc) is 3.26. The minimum absolute atomic E-state index is 0.00131. The Morgan fingerprint density at radius 1 is 1.15 bits per heavy atom. The van der Waals surface area contributed by atoms with E-state index in [0.29, 0.717) is 19.0 Å². The molecule has 1 saturated heterocycles. The first-order valence-electron chi connectivity index (χ1n) is 9.25. The van der Waals surface area contributed by atoms with Crippen LogP contribution in [-0.4, -0.2) is 38.7 Å². The molecule has 0 N–H and O–H groups in total. The van der Waals surface area contributed by atoms with Crippen LogP contribution in [0.5, 0.6) is 0 Å². The Kier molecular flexibility index (Phi) is 4.70. The lowest BCUT2D eigenvalue weighted by molar-refractivity contribution is -0.132. The van der Waals surface area contributed by atoms with Gasteiger partial charge < -0.3 is 9.47 Å². The number of piperidine rings is 1. The molecule has 0 unspecified atom stereocenters. The quantitative estimate of drug-likeness (QED) is 0.842. The van der Waals surface area contributed by atoms with Gasteiger partial charge in [0.2, 0.25) is 5.91 Å². The van der Waals surface area contributed by atoms with Crippen LogP contribution >= 0.6 is 0 Å². The molecule has 0 atom stereocenters. The highest BCUT2D eigenvalue weighted by Crippen LogP contribution is 2.29. The highest BCUT2D eigenvalue weighted by atomic mass is 19.1. The van der Waals surface area contributed by atoms with E-state index in [4.69, 9.17) is 0 Å². The third-order valence-electron chi connectivity index (χ3n) is 5.47. The fourth-order valence-electron chi connectivity index (χ4n) is 4.00. The Morgan fingerprint density at radius 3 is 2.77 bits per heavy atom. The van der Waals surface area contributed by atoms with Crippen LogP contribution in [0.1, 0.15) is 48.8 Å². The van der Waals surface area contributed by atoms with Gasteiger partial charge in [-0.05, 0) is 49.4 Å². The molecular weight excluding hydrogens is 338 g/mol. The number of fused-ring (bicyclic) bond motifs is 1. The average molecular weight is 360 g/mol. The second kappa shape index (κ2) is 7.13. The summed E-state index contributed by atoms with van der Waals surface area (Å²) < 4.78 is 29.1. The number of amides is 1. The normalized spacial score (nSPS) is 17.5. The lowest BCUT2D eigenvalue weighted by Crippen LogP contribution is -2.38. The SMILES string of the molecule is O=C(CCc1cc(F)ccc1F)N1CCC(c2nnc3n2CCC3)CC1. The lowest BCUT2D eigenvalue weighted by Gasteiger charge is -2.31. The van der Waals surface area contributed by atoms with Gasteiger partial charge in [-0.15, -0.1) is 10.2 Å². The van der Waals surface area contributed by atoms with Crippen LogP contribution in [0.25, 0.3) is 0 Å². The molecule has 2 aromatic rings. The number of hydrogen-bond donors (Lipinski definition) is 0. The van der Waals surface area contributed by atoms with Crippen LogP contribution in [0.3, 0.4) is 0 Å². The number of aromatic nitrogens is 3. The molecule has 2 aliphatic rings. The van der Waals surface area contributed by atoms with Crippen molar-refractivity contribution >= 4 is 5.91 Å². The zero-order chi connectivity index (χ0) is 18.1. The van der Waals surface area contributed by atoms with Gasteiger partial charge in [-0.2, -0.15) is 0 Å². The maximum Gasteiger partial charge on any atom is 0.222 e. The summed E-state index contributed by atoms with van der Waals surface area (Å²) >= 11 is 0. The molecular formula is C19H22F2N4O. The molecule has 0 radical (unpaired) electrons. The van der Waals surface area contributed by atoms with Gasteiger partial charge in [-0.1, -0.05) is 0 Å². The summed E-state index contributed by atoms with van der Waals surface area (Å²) in [4.78, 5) is 14.3. The van der Waals surface area contributed by atoms with E-state index in [1.165, 1.54) is 6.07 Å². The summed E-state index contributed by atoms with van der Waals surface area (Å²) in [7, 11) is 0. The number of likely N-dealkylation sites (tertiary alicyclic amines) is 1. The number of carbonyl (C=O) groups excluding carboxylic acids is 1. The van der Waals surface area contributed by atoms with E-state index >= 15 is 0 Å². The number of benzene rings is 1. The topological polar surface area (TPSA) is 51.0 Å².